The number of carbonyl (C=O) groups is 1. The zero-order valence-electron chi connectivity index (χ0n) is 14.5. The van der Waals surface area contributed by atoms with E-state index in [0.29, 0.717) is 22.9 Å². The SMILES string of the molecule is CCN(CCSc1ccccc1F)CC(=O)Nc1ccccc1OC. The zero-order chi connectivity index (χ0) is 18.1. The van der Waals surface area contributed by atoms with Crippen LogP contribution in [0.2, 0.25) is 0 Å². The Morgan fingerprint density at radius 2 is 1.92 bits per heavy atom. The van der Waals surface area contributed by atoms with Crippen LogP contribution in [0.25, 0.3) is 0 Å². The van der Waals surface area contributed by atoms with Gasteiger partial charge in [0.15, 0.2) is 0 Å². The number of nitrogens with zero attached hydrogens (tertiary/aromatic N) is 1. The van der Waals surface area contributed by atoms with Crippen LogP contribution in [0.5, 0.6) is 5.75 Å². The molecule has 2 rings (SSSR count). The summed E-state index contributed by atoms with van der Waals surface area (Å²) in [6.45, 7) is 3.74. The molecule has 0 radical (unpaired) electrons. The number of hydrogen-bond acceptors (Lipinski definition) is 4. The number of hydrogen-bond donors (Lipinski definition) is 1. The third-order valence-electron chi connectivity index (χ3n) is 3.70. The first-order chi connectivity index (χ1) is 12.1. The molecule has 2 aromatic rings. The number of thioether (sulfide) groups is 1. The standard InChI is InChI=1S/C19H23FN2O2S/c1-3-22(12-13-25-18-11-7-4-8-15(18)20)14-19(23)21-16-9-5-6-10-17(16)24-2/h4-11H,3,12-14H2,1-2H3,(H,21,23). The molecule has 2 aromatic carbocycles. The maximum atomic E-state index is 13.6. The number of carbonyl (C=O) groups excluding carboxylic acids is 1. The maximum absolute atomic E-state index is 13.6. The molecule has 25 heavy (non-hydrogen) atoms. The zero-order valence-corrected chi connectivity index (χ0v) is 15.3. The molecule has 0 spiro atoms. The number of para-hydroxylation sites is 2. The molecule has 0 aliphatic carbocycles. The maximum Gasteiger partial charge on any atom is 0.238 e. The van der Waals surface area contributed by atoms with E-state index in [0.717, 1.165) is 12.3 Å². The highest BCUT2D eigenvalue weighted by Crippen LogP contribution is 2.23. The van der Waals surface area contributed by atoms with Crippen molar-refractivity contribution in [1.82, 2.24) is 4.90 Å². The van der Waals surface area contributed by atoms with Gasteiger partial charge < -0.3 is 10.1 Å². The van der Waals surface area contributed by atoms with E-state index in [9.17, 15) is 9.18 Å². The van der Waals surface area contributed by atoms with E-state index < -0.39 is 0 Å². The highest BCUT2D eigenvalue weighted by Gasteiger charge is 2.12. The minimum Gasteiger partial charge on any atom is -0.495 e. The monoisotopic (exact) mass is 362 g/mol. The minimum atomic E-state index is -0.204. The van der Waals surface area contributed by atoms with E-state index in [1.807, 2.05) is 30.0 Å². The molecule has 0 saturated carbocycles. The van der Waals surface area contributed by atoms with Crippen LogP contribution in [0.4, 0.5) is 10.1 Å². The van der Waals surface area contributed by atoms with Gasteiger partial charge in [-0.25, -0.2) is 4.39 Å². The van der Waals surface area contributed by atoms with Crippen molar-refractivity contribution in [3.05, 3.63) is 54.3 Å². The number of benzene rings is 2. The summed E-state index contributed by atoms with van der Waals surface area (Å²) in [6.07, 6.45) is 0. The Labute approximate surface area is 152 Å². The minimum absolute atomic E-state index is 0.0951. The van der Waals surface area contributed by atoms with Gasteiger partial charge in [0.25, 0.3) is 0 Å². The number of methoxy groups -OCH3 is 1. The van der Waals surface area contributed by atoms with E-state index in [-0.39, 0.29) is 18.3 Å². The van der Waals surface area contributed by atoms with E-state index in [1.165, 1.54) is 17.8 Å². The summed E-state index contributed by atoms with van der Waals surface area (Å²) in [4.78, 5) is 14.9. The largest absolute Gasteiger partial charge is 0.495 e. The summed E-state index contributed by atoms with van der Waals surface area (Å²) >= 11 is 1.46. The lowest BCUT2D eigenvalue weighted by Gasteiger charge is -2.20. The summed E-state index contributed by atoms with van der Waals surface area (Å²) in [5, 5.41) is 2.87. The quantitative estimate of drug-likeness (QED) is 0.687. The summed E-state index contributed by atoms with van der Waals surface area (Å²) in [7, 11) is 1.57. The Morgan fingerprint density at radius 1 is 1.20 bits per heavy atom. The Bertz CT molecular complexity index is 697. The van der Waals surface area contributed by atoms with Crippen molar-refractivity contribution in [3.63, 3.8) is 0 Å². The van der Waals surface area contributed by atoms with Crippen LogP contribution < -0.4 is 10.1 Å². The first-order valence-electron chi connectivity index (χ1n) is 8.16. The van der Waals surface area contributed by atoms with Gasteiger partial charge in [-0.2, -0.15) is 0 Å². The van der Waals surface area contributed by atoms with Gasteiger partial charge in [-0.15, -0.1) is 11.8 Å². The average molecular weight is 362 g/mol. The number of halogens is 1. The van der Waals surface area contributed by atoms with Crippen molar-refractivity contribution in [2.24, 2.45) is 0 Å². The molecule has 134 valence electrons. The first kappa shape index (κ1) is 19.3. The van der Waals surface area contributed by atoms with Crippen LogP contribution in [0.15, 0.2) is 53.4 Å². The second-order valence-corrected chi connectivity index (χ2v) is 6.53. The lowest BCUT2D eigenvalue weighted by atomic mass is 10.3. The Balaban J connectivity index is 1.82. The molecule has 6 heteroatoms. The first-order valence-corrected chi connectivity index (χ1v) is 9.15. The third-order valence-corrected chi connectivity index (χ3v) is 4.73. The molecule has 0 fully saturated rings. The van der Waals surface area contributed by atoms with Crippen molar-refractivity contribution >= 4 is 23.4 Å². The average Bonchev–Trinajstić information content (AvgIpc) is 2.62. The van der Waals surface area contributed by atoms with Crippen LogP contribution in [0, 0.1) is 5.82 Å². The van der Waals surface area contributed by atoms with Crippen molar-refractivity contribution in [1.29, 1.82) is 0 Å². The van der Waals surface area contributed by atoms with E-state index >= 15 is 0 Å². The van der Waals surface area contributed by atoms with Gasteiger partial charge in [-0.1, -0.05) is 31.2 Å². The Morgan fingerprint density at radius 3 is 2.64 bits per heavy atom. The molecular weight excluding hydrogens is 339 g/mol. The fourth-order valence-corrected chi connectivity index (χ4v) is 3.29. The number of anilines is 1. The number of likely N-dealkylation sites (N-methyl/N-ethyl adjacent to an activating group) is 1. The van der Waals surface area contributed by atoms with Crippen LogP contribution in [-0.4, -0.2) is 43.3 Å². The molecule has 0 unspecified atom stereocenters. The molecule has 0 bridgehead atoms. The molecule has 0 aromatic heterocycles. The molecule has 0 aliphatic heterocycles. The highest BCUT2D eigenvalue weighted by atomic mass is 32.2. The summed E-state index contributed by atoms with van der Waals surface area (Å²) in [6, 6.07) is 14.0. The van der Waals surface area contributed by atoms with Crippen molar-refractivity contribution in [2.45, 2.75) is 11.8 Å². The lowest BCUT2D eigenvalue weighted by Crippen LogP contribution is -2.34. The van der Waals surface area contributed by atoms with Crippen LogP contribution in [0.1, 0.15) is 6.92 Å². The molecule has 1 amide bonds. The predicted octanol–water partition coefficient (Wildman–Crippen LogP) is 3.89. The normalized spacial score (nSPS) is 10.7. The van der Waals surface area contributed by atoms with E-state index in [2.05, 4.69) is 5.32 Å². The molecule has 0 atom stereocenters. The fourth-order valence-electron chi connectivity index (χ4n) is 2.34. The van der Waals surface area contributed by atoms with Gasteiger partial charge in [0.1, 0.15) is 11.6 Å². The number of rotatable bonds is 9. The Hall–Kier alpha value is -2.05. The second kappa shape index (κ2) is 10.1. The van der Waals surface area contributed by atoms with Gasteiger partial charge in [0.2, 0.25) is 5.91 Å². The van der Waals surface area contributed by atoms with Gasteiger partial charge in [-0.3, -0.25) is 9.69 Å². The molecule has 1 N–H and O–H groups in total. The number of ether oxygens (including phenoxy) is 1. The lowest BCUT2D eigenvalue weighted by molar-refractivity contribution is -0.117. The Kier molecular flexibility index (Phi) is 7.76. The summed E-state index contributed by atoms with van der Waals surface area (Å²) in [5.41, 5.74) is 0.659. The third kappa shape index (κ3) is 6.07. The second-order valence-electron chi connectivity index (χ2n) is 5.40. The topological polar surface area (TPSA) is 41.6 Å². The molecule has 0 aliphatic rings. The smallest absolute Gasteiger partial charge is 0.238 e. The molecular formula is C19H23FN2O2S. The molecule has 0 heterocycles. The fraction of sp³-hybridized carbons (Fsp3) is 0.316. The summed E-state index contributed by atoms with van der Waals surface area (Å²) < 4.78 is 18.8. The van der Waals surface area contributed by atoms with Crippen LogP contribution in [0.3, 0.4) is 0 Å². The van der Waals surface area contributed by atoms with Crippen molar-refractivity contribution < 1.29 is 13.9 Å². The number of amides is 1. The van der Waals surface area contributed by atoms with E-state index in [4.69, 9.17) is 4.74 Å². The molecule has 0 saturated heterocycles. The van der Waals surface area contributed by atoms with Gasteiger partial charge in [-0.05, 0) is 30.8 Å². The van der Waals surface area contributed by atoms with Gasteiger partial charge in [0, 0.05) is 17.2 Å². The van der Waals surface area contributed by atoms with Gasteiger partial charge in [0.05, 0.1) is 19.3 Å². The van der Waals surface area contributed by atoms with Crippen LogP contribution >= 0.6 is 11.8 Å². The van der Waals surface area contributed by atoms with Crippen molar-refractivity contribution in [2.75, 3.05) is 37.8 Å². The highest BCUT2D eigenvalue weighted by molar-refractivity contribution is 7.99. The summed E-state index contributed by atoms with van der Waals surface area (Å²) in [5.74, 6) is 1.05. The van der Waals surface area contributed by atoms with E-state index in [1.54, 1.807) is 31.4 Å². The van der Waals surface area contributed by atoms with Crippen LogP contribution in [-0.2, 0) is 4.79 Å². The van der Waals surface area contributed by atoms with Gasteiger partial charge >= 0.3 is 0 Å². The number of nitrogens with one attached hydrogen (secondary N) is 1. The molecule has 4 nitrogen and oxygen atoms in total. The van der Waals surface area contributed by atoms with Crippen molar-refractivity contribution in [3.8, 4) is 5.75 Å². The predicted molar refractivity (Wildman–Crippen MR) is 101 cm³/mol.